The third-order valence-electron chi connectivity index (χ3n) is 2.38. The Hall–Kier alpha value is -0.260. The highest BCUT2D eigenvalue weighted by molar-refractivity contribution is 7.81. The second-order valence-electron chi connectivity index (χ2n) is 3.76. The molecule has 1 aliphatic rings. The first kappa shape index (κ1) is 14.8. The Morgan fingerprint density at radius 3 is 1.41 bits per heavy atom. The highest BCUT2D eigenvalue weighted by atomic mass is 32.3. The summed E-state index contributed by atoms with van der Waals surface area (Å²) in [5.41, 5.74) is 0. The first-order chi connectivity index (χ1) is 7.67. The number of hydrogen-bond donors (Lipinski definition) is 2. The molecule has 0 aliphatic heterocycles. The first-order valence-electron chi connectivity index (χ1n) is 4.99. The molecule has 2 unspecified atom stereocenters. The SMILES string of the molecule is O=S(=O)(O)OC1CCCCCC1OS(=O)(=O)O. The fraction of sp³-hybridized carbons (Fsp3) is 1.00. The van der Waals surface area contributed by atoms with Gasteiger partial charge in [0, 0.05) is 0 Å². The van der Waals surface area contributed by atoms with Gasteiger partial charge >= 0.3 is 20.8 Å². The molecule has 10 heteroatoms. The van der Waals surface area contributed by atoms with Crippen molar-refractivity contribution in [3.63, 3.8) is 0 Å². The Morgan fingerprint density at radius 1 is 0.765 bits per heavy atom. The second kappa shape index (κ2) is 5.59. The highest BCUT2D eigenvalue weighted by Gasteiger charge is 2.32. The van der Waals surface area contributed by atoms with Gasteiger partial charge < -0.3 is 0 Å². The lowest BCUT2D eigenvalue weighted by atomic mass is 10.1. The average Bonchev–Trinajstić information content (AvgIpc) is 2.27. The minimum atomic E-state index is -4.68. The van der Waals surface area contributed by atoms with Crippen LogP contribution >= 0.6 is 0 Å². The van der Waals surface area contributed by atoms with Crippen molar-refractivity contribution in [1.29, 1.82) is 0 Å². The normalized spacial score (nSPS) is 27.6. The Morgan fingerprint density at radius 2 is 1.12 bits per heavy atom. The van der Waals surface area contributed by atoms with Crippen LogP contribution in [0.4, 0.5) is 0 Å². The summed E-state index contributed by atoms with van der Waals surface area (Å²) >= 11 is 0. The zero-order valence-corrected chi connectivity index (χ0v) is 10.5. The van der Waals surface area contributed by atoms with Gasteiger partial charge in [-0.15, -0.1) is 0 Å². The van der Waals surface area contributed by atoms with Crippen molar-refractivity contribution < 1.29 is 34.3 Å². The van der Waals surface area contributed by atoms with Crippen LogP contribution in [0.15, 0.2) is 0 Å². The predicted octanol–water partition coefficient (Wildman–Crippen LogP) is 0.327. The van der Waals surface area contributed by atoms with E-state index >= 15 is 0 Å². The van der Waals surface area contributed by atoms with Gasteiger partial charge in [-0.1, -0.05) is 19.3 Å². The van der Waals surface area contributed by atoms with E-state index in [1.807, 2.05) is 0 Å². The zero-order chi connectivity index (χ0) is 13.1. The van der Waals surface area contributed by atoms with Crippen molar-refractivity contribution in [2.24, 2.45) is 0 Å². The van der Waals surface area contributed by atoms with Crippen molar-refractivity contribution in [2.45, 2.75) is 44.3 Å². The van der Waals surface area contributed by atoms with E-state index in [0.717, 1.165) is 6.42 Å². The Bertz CT molecular complexity index is 396. The fourth-order valence-corrected chi connectivity index (χ4v) is 2.84. The molecule has 1 rings (SSSR count). The van der Waals surface area contributed by atoms with Gasteiger partial charge in [-0.25, -0.2) is 8.37 Å². The molecular formula is C7H14O8S2. The van der Waals surface area contributed by atoms with Crippen molar-refractivity contribution >= 4 is 20.8 Å². The number of rotatable bonds is 4. The van der Waals surface area contributed by atoms with Crippen molar-refractivity contribution in [3.05, 3.63) is 0 Å². The molecule has 1 fully saturated rings. The molecule has 17 heavy (non-hydrogen) atoms. The lowest BCUT2D eigenvalue weighted by Gasteiger charge is -2.21. The lowest BCUT2D eigenvalue weighted by Crippen LogP contribution is -2.34. The van der Waals surface area contributed by atoms with Gasteiger partial charge in [0.1, 0.15) is 12.2 Å². The molecule has 8 nitrogen and oxygen atoms in total. The third-order valence-corrected chi connectivity index (χ3v) is 3.36. The monoisotopic (exact) mass is 290 g/mol. The van der Waals surface area contributed by atoms with Crippen LogP contribution in [0.25, 0.3) is 0 Å². The van der Waals surface area contributed by atoms with Crippen LogP contribution in [-0.2, 0) is 29.2 Å². The first-order valence-corrected chi connectivity index (χ1v) is 7.72. The predicted molar refractivity (Wildman–Crippen MR) is 55.9 cm³/mol. The van der Waals surface area contributed by atoms with Gasteiger partial charge in [0.15, 0.2) is 0 Å². The maximum absolute atomic E-state index is 10.6. The summed E-state index contributed by atoms with van der Waals surface area (Å²) in [5, 5.41) is 0. The Balaban J connectivity index is 2.79. The van der Waals surface area contributed by atoms with Gasteiger partial charge in [-0.2, -0.15) is 16.8 Å². The van der Waals surface area contributed by atoms with E-state index < -0.39 is 33.0 Å². The van der Waals surface area contributed by atoms with Crippen molar-refractivity contribution in [1.82, 2.24) is 0 Å². The third kappa shape index (κ3) is 6.29. The molecule has 0 heterocycles. The Kier molecular flexibility index (Phi) is 4.86. The van der Waals surface area contributed by atoms with Gasteiger partial charge in [-0.05, 0) is 12.8 Å². The molecule has 0 aromatic heterocycles. The summed E-state index contributed by atoms with van der Waals surface area (Å²) in [4.78, 5) is 0. The molecule has 0 radical (unpaired) electrons. The van der Waals surface area contributed by atoms with Crippen molar-refractivity contribution in [3.8, 4) is 0 Å². The number of hydrogen-bond acceptors (Lipinski definition) is 6. The average molecular weight is 290 g/mol. The summed E-state index contributed by atoms with van der Waals surface area (Å²) in [7, 11) is -9.37. The van der Waals surface area contributed by atoms with Crippen LogP contribution < -0.4 is 0 Å². The van der Waals surface area contributed by atoms with Gasteiger partial charge in [-0.3, -0.25) is 9.11 Å². The van der Waals surface area contributed by atoms with Crippen LogP contribution in [0.1, 0.15) is 32.1 Å². The van der Waals surface area contributed by atoms with E-state index in [0.29, 0.717) is 12.8 Å². The van der Waals surface area contributed by atoms with Crippen LogP contribution in [-0.4, -0.2) is 38.1 Å². The molecule has 0 bridgehead atoms. The van der Waals surface area contributed by atoms with E-state index in [2.05, 4.69) is 8.37 Å². The molecule has 1 aliphatic carbocycles. The topological polar surface area (TPSA) is 127 Å². The molecule has 0 aromatic carbocycles. The van der Waals surface area contributed by atoms with E-state index in [1.54, 1.807) is 0 Å². The van der Waals surface area contributed by atoms with Crippen LogP contribution in [0.3, 0.4) is 0 Å². The van der Waals surface area contributed by atoms with E-state index in [1.165, 1.54) is 0 Å². The molecule has 2 atom stereocenters. The molecule has 0 saturated heterocycles. The maximum atomic E-state index is 10.6. The standard InChI is InChI=1S/C7H14O8S2/c8-16(9,10)14-6-4-2-1-3-5-7(6)15-17(11,12)13/h6-7H,1-5H2,(H,8,9,10)(H,11,12,13). The van der Waals surface area contributed by atoms with Crippen LogP contribution in [0.5, 0.6) is 0 Å². The molecule has 0 amide bonds. The van der Waals surface area contributed by atoms with E-state index in [4.69, 9.17) is 9.11 Å². The van der Waals surface area contributed by atoms with Gasteiger partial charge in [0.2, 0.25) is 0 Å². The Labute approximate surface area is 99.8 Å². The van der Waals surface area contributed by atoms with Gasteiger partial charge in [0.25, 0.3) is 0 Å². The van der Waals surface area contributed by atoms with Crippen LogP contribution in [0.2, 0.25) is 0 Å². The minimum Gasteiger partial charge on any atom is -0.264 e. The second-order valence-corrected chi connectivity index (χ2v) is 5.86. The largest absolute Gasteiger partial charge is 0.397 e. The summed E-state index contributed by atoms with van der Waals surface area (Å²) in [6.07, 6.45) is 0.206. The summed E-state index contributed by atoms with van der Waals surface area (Å²) < 4.78 is 68.2. The quantitative estimate of drug-likeness (QED) is 0.560. The van der Waals surface area contributed by atoms with Gasteiger partial charge in [0.05, 0.1) is 0 Å². The highest BCUT2D eigenvalue weighted by Crippen LogP contribution is 2.25. The molecule has 1 saturated carbocycles. The smallest absolute Gasteiger partial charge is 0.264 e. The molecule has 0 spiro atoms. The molecular weight excluding hydrogens is 276 g/mol. The zero-order valence-electron chi connectivity index (χ0n) is 8.85. The summed E-state index contributed by atoms with van der Waals surface area (Å²) in [5.74, 6) is 0. The fourth-order valence-electron chi connectivity index (χ4n) is 1.77. The van der Waals surface area contributed by atoms with E-state index in [9.17, 15) is 16.8 Å². The minimum absolute atomic E-state index is 0.222. The molecule has 0 aromatic rings. The molecule has 102 valence electrons. The maximum Gasteiger partial charge on any atom is 0.397 e. The van der Waals surface area contributed by atoms with E-state index in [-0.39, 0.29) is 12.8 Å². The molecule has 2 N–H and O–H groups in total. The van der Waals surface area contributed by atoms with Crippen LogP contribution in [0, 0.1) is 0 Å². The summed E-state index contributed by atoms with van der Waals surface area (Å²) in [6.45, 7) is 0. The lowest BCUT2D eigenvalue weighted by molar-refractivity contribution is 0.0418. The summed E-state index contributed by atoms with van der Waals surface area (Å²) in [6, 6.07) is 0. The van der Waals surface area contributed by atoms with Crippen molar-refractivity contribution in [2.75, 3.05) is 0 Å².